The summed E-state index contributed by atoms with van der Waals surface area (Å²) in [6, 6.07) is 13.5. The monoisotopic (exact) mass is 424 g/mol. The largest absolute Gasteiger partial charge is 0.507 e. The van der Waals surface area contributed by atoms with E-state index in [9.17, 15) is 24.8 Å². The van der Waals surface area contributed by atoms with Gasteiger partial charge in [-0.1, -0.05) is 23.7 Å². The fraction of sp³-hybridized carbons (Fsp3) is 0.0476. The summed E-state index contributed by atoms with van der Waals surface area (Å²) in [5.74, 6) is -2.09. The third-order valence-electron chi connectivity index (χ3n) is 4.69. The Bertz CT molecular complexity index is 1180. The average Bonchev–Trinajstić information content (AvgIpc) is 3.36. The van der Waals surface area contributed by atoms with E-state index in [0.717, 1.165) is 6.07 Å². The number of aliphatic hydroxyl groups is 1. The number of nitrogens with zero attached hydrogens (tertiary/aromatic N) is 2. The third-order valence-corrected chi connectivity index (χ3v) is 4.94. The summed E-state index contributed by atoms with van der Waals surface area (Å²) in [7, 11) is 0. The Hall–Kier alpha value is -3.91. The molecule has 0 saturated carbocycles. The number of nitro groups is 1. The summed E-state index contributed by atoms with van der Waals surface area (Å²) in [5.41, 5.74) is -0.0817. The molecule has 1 amide bonds. The Labute approximate surface area is 174 Å². The highest BCUT2D eigenvalue weighted by atomic mass is 35.5. The highest BCUT2D eigenvalue weighted by Crippen LogP contribution is 2.42. The number of amides is 1. The maximum Gasteiger partial charge on any atom is 0.300 e. The molecule has 4 rings (SSSR count). The highest BCUT2D eigenvalue weighted by Gasteiger charge is 2.48. The Morgan fingerprint density at radius 3 is 2.47 bits per heavy atom. The van der Waals surface area contributed by atoms with Crippen LogP contribution in [-0.2, 0) is 9.59 Å². The molecule has 1 fully saturated rings. The highest BCUT2D eigenvalue weighted by molar-refractivity contribution is 6.51. The molecule has 9 heteroatoms. The number of nitro benzene ring substituents is 1. The van der Waals surface area contributed by atoms with Crippen LogP contribution in [0.3, 0.4) is 0 Å². The van der Waals surface area contributed by atoms with Gasteiger partial charge < -0.3 is 9.52 Å². The lowest BCUT2D eigenvalue weighted by molar-refractivity contribution is -0.384. The van der Waals surface area contributed by atoms with E-state index in [1.807, 2.05) is 0 Å². The molecule has 1 saturated heterocycles. The lowest BCUT2D eigenvalue weighted by Gasteiger charge is -2.23. The molecule has 2 aromatic carbocycles. The van der Waals surface area contributed by atoms with Crippen molar-refractivity contribution in [2.24, 2.45) is 0 Å². The number of ketones is 1. The van der Waals surface area contributed by atoms with Crippen LogP contribution in [-0.4, -0.2) is 21.7 Å². The maximum atomic E-state index is 12.9. The molecule has 2 heterocycles. The number of benzene rings is 2. The molecular formula is C21H13ClN2O6. The van der Waals surface area contributed by atoms with Crippen molar-refractivity contribution >= 4 is 40.4 Å². The van der Waals surface area contributed by atoms with Crippen molar-refractivity contribution in [1.29, 1.82) is 0 Å². The summed E-state index contributed by atoms with van der Waals surface area (Å²) in [6.07, 6.45) is 1.38. The normalized spacial score (nSPS) is 18.0. The Morgan fingerprint density at radius 1 is 1.10 bits per heavy atom. The molecule has 0 spiro atoms. The van der Waals surface area contributed by atoms with Gasteiger partial charge in [0.1, 0.15) is 17.6 Å². The molecule has 30 heavy (non-hydrogen) atoms. The second-order valence-electron chi connectivity index (χ2n) is 6.47. The van der Waals surface area contributed by atoms with Crippen LogP contribution in [0.5, 0.6) is 0 Å². The van der Waals surface area contributed by atoms with E-state index >= 15 is 0 Å². The van der Waals surface area contributed by atoms with Gasteiger partial charge in [-0.3, -0.25) is 24.6 Å². The fourth-order valence-corrected chi connectivity index (χ4v) is 3.46. The summed E-state index contributed by atoms with van der Waals surface area (Å²) in [6.45, 7) is 0. The standard InChI is InChI=1S/C21H13ClN2O6/c22-13-6-8-14(9-7-13)23-18(16-5-2-10-30-16)17(20(26)21(23)27)19(25)12-3-1-4-15(11-12)24(28)29/h1-11,18,25H/b19-17-. The smallest absolute Gasteiger partial charge is 0.300 e. The Morgan fingerprint density at radius 2 is 1.83 bits per heavy atom. The van der Waals surface area contributed by atoms with Crippen LogP contribution in [0, 0.1) is 10.1 Å². The van der Waals surface area contributed by atoms with Gasteiger partial charge in [-0.15, -0.1) is 0 Å². The number of Topliss-reactive ketones (excluding diaryl/α,β-unsaturated/α-hetero) is 1. The minimum Gasteiger partial charge on any atom is -0.507 e. The number of halogens is 1. The van der Waals surface area contributed by atoms with Gasteiger partial charge in [-0.05, 0) is 36.4 Å². The molecule has 1 N–H and O–H groups in total. The SMILES string of the molecule is O=C1C(=O)N(c2ccc(Cl)cc2)C(c2ccco2)/C1=C(/O)c1cccc([N+](=O)[O-])c1. The van der Waals surface area contributed by atoms with E-state index in [1.165, 1.54) is 29.4 Å². The van der Waals surface area contributed by atoms with Gasteiger partial charge in [0.05, 0.1) is 16.8 Å². The van der Waals surface area contributed by atoms with Crippen LogP contribution in [0.15, 0.2) is 76.9 Å². The fourth-order valence-electron chi connectivity index (χ4n) is 3.34. The maximum absolute atomic E-state index is 12.9. The molecule has 0 aliphatic carbocycles. The number of aliphatic hydroxyl groups excluding tert-OH is 1. The van der Waals surface area contributed by atoms with E-state index in [0.29, 0.717) is 10.7 Å². The first-order valence-electron chi connectivity index (χ1n) is 8.73. The van der Waals surface area contributed by atoms with Crippen LogP contribution in [0.4, 0.5) is 11.4 Å². The topological polar surface area (TPSA) is 114 Å². The van der Waals surface area contributed by atoms with Gasteiger partial charge in [-0.2, -0.15) is 0 Å². The molecule has 1 unspecified atom stereocenters. The van der Waals surface area contributed by atoms with E-state index < -0.39 is 28.4 Å². The predicted molar refractivity (Wildman–Crippen MR) is 108 cm³/mol. The van der Waals surface area contributed by atoms with Crippen molar-refractivity contribution in [3.8, 4) is 0 Å². The van der Waals surface area contributed by atoms with E-state index in [4.69, 9.17) is 16.0 Å². The van der Waals surface area contributed by atoms with Crippen molar-refractivity contribution in [1.82, 2.24) is 0 Å². The zero-order valence-corrected chi connectivity index (χ0v) is 15.9. The van der Waals surface area contributed by atoms with Gasteiger partial charge in [0.15, 0.2) is 0 Å². The second-order valence-corrected chi connectivity index (χ2v) is 6.90. The first kappa shape index (κ1) is 19.4. The molecule has 0 bridgehead atoms. The Kier molecular flexibility index (Phi) is 4.85. The molecule has 1 aliphatic rings. The first-order valence-corrected chi connectivity index (χ1v) is 9.11. The summed E-state index contributed by atoms with van der Waals surface area (Å²) < 4.78 is 5.44. The average molecular weight is 425 g/mol. The number of carbonyl (C=O) groups is 2. The summed E-state index contributed by atoms with van der Waals surface area (Å²) in [5, 5.41) is 22.4. The number of non-ortho nitro benzene ring substituents is 1. The van der Waals surface area contributed by atoms with Crippen molar-refractivity contribution in [3.05, 3.63) is 99.0 Å². The van der Waals surface area contributed by atoms with Crippen LogP contribution >= 0.6 is 11.6 Å². The number of rotatable bonds is 4. The van der Waals surface area contributed by atoms with Gasteiger partial charge in [0.25, 0.3) is 17.4 Å². The zero-order chi connectivity index (χ0) is 21.4. The van der Waals surface area contributed by atoms with Gasteiger partial charge in [0, 0.05) is 28.4 Å². The van der Waals surface area contributed by atoms with Crippen LogP contribution < -0.4 is 4.90 Å². The van der Waals surface area contributed by atoms with Gasteiger partial charge in [0.2, 0.25) is 0 Å². The molecule has 3 aromatic rings. The van der Waals surface area contributed by atoms with Gasteiger partial charge >= 0.3 is 0 Å². The van der Waals surface area contributed by atoms with Crippen LogP contribution in [0.2, 0.25) is 5.02 Å². The van der Waals surface area contributed by atoms with Crippen LogP contribution in [0.25, 0.3) is 5.76 Å². The summed E-state index contributed by atoms with van der Waals surface area (Å²) in [4.78, 5) is 37.4. The number of furan rings is 1. The lowest BCUT2D eigenvalue weighted by atomic mass is 9.99. The molecule has 1 aromatic heterocycles. The minimum absolute atomic E-state index is 0.0369. The Balaban J connectivity index is 1.92. The minimum atomic E-state index is -1.06. The molecule has 1 aliphatic heterocycles. The number of carbonyl (C=O) groups excluding carboxylic acids is 2. The number of hydrogen-bond acceptors (Lipinski definition) is 6. The van der Waals surface area contributed by atoms with Crippen molar-refractivity contribution in [3.63, 3.8) is 0 Å². The van der Waals surface area contributed by atoms with Gasteiger partial charge in [-0.25, -0.2) is 0 Å². The third kappa shape index (κ3) is 3.23. The lowest BCUT2D eigenvalue weighted by Crippen LogP contribution is -2.29. The van der Waals surface area contributed by atoms with E-state index in [1.54, 1.807) is 36.4 Å². The zero-order valence-electron chi connectivity index (χ0n) is 15.2. The van der Waals surface area contributed by atoms with E-state index in [2.05, 4.69) is 0 Å². The first-order chi connectivity index (χ1) is 14.4. The summed E-state index contributed by atoms with van der Waals surface area (Å²) >= 11 is 5.93. The number of anilines is 1. The molecule has 150 valence electrons. The molecule has 8 nitrogen and oxygen atoms in total. The van der Waals surface area contributed by atoms with Crippen LogP contribution in [0.1, 0.15) is 17.4 Å². The van der Waals surface area contributed by atoms with E-state index in [-0.39, 0.29) is 22.6 Å². The van der Waals surface area contributed by atoms with Crippen molar-refractivity contribution in [2.45, 2.75) is 6.04 Å². The molecule has 0 radical (unpaired) electrons. The number of hydrogen-bond donors (Lipinski definition) is 1. The second kappa shape index (κ2) is 7.49. The quantitative estimate of drug-likeness (QED) is 0.217. The molecular weight excluding hydrogens is 412 g/mol. The predicted octanol–water partition coefficient (Wildman–Crippen LogP) is 4.47. The van der Waals surface area contributed by atoms with Crippen molar-refractivity contribution < 1.29 is 24.0 Å². The van der Waals surface area contributed by atoms with Crippen molar-refractivity contribution in [2.75, 3.05) is 4.90 Å². The molecule has 1 atom stereocenters.